The Morgan fingerprint density at radius 2 is 2.26 bits per heavy atom. The SMILES string of the molecule is Cn1cc(CN2C[C@@H]3CCCO[C@@H]3[C@H](N3CCCC3=O)C2)cn1. The average molecular weight is 318 g/mol. The van der Waals surface area contributed by atoms with E-state index in [4.69, 9.17) is 4.74 Å². The zero-order valence-electron chi connectivity index (χ0n) is 13.9. The summed E-state index contributed by atoms with van der Waals surface area (Å²) in [5, 5.41) is 4.27. The van der Waals surface area contributed by atoms with Gasteiger partial charge in [-0.1, -0.05) is 0 Å². The van der Waals surface area contributed by atoms with Crippen molar-refractivity contribution < 1.29 is 9.53 Å². The molecule has 3 aliphatic rings. The Kier molecular flexibility index (Phi) is 4.11. The van der Waals surface area contributed by atoms with Crippen LogP contribution < -0.4 is 0 Å². The first-order valence-corrected chi connectivity index (χ1v) is 8.81. The van der Waals surface area contributed by atoms with E-state index in [9.17, 15) is 4.79 Å². The van der Waals surface area contributed by atoms with Crippen LogP contribution in [0.3, 0.4) is 0 Å². The van der Waals surface area contributed by atoms with E-state index in [1.165, 1.54) is 12.0 Å². The van der Waals surface area contributed by atoms with Gasteiger partial charge in [0, 0.05) is 58.0 Å². The van der Waals surface area contributed by atoms with Crippen molar-refractivity contribution >= 4 is 5.91 Å². The van der Waals surface area contributed by atoms with Gasteiger partial charge in [0.25, 0.3) is 0 Å². The van der Waals surface area contributed by atoms with E-state index in [1.807, 2.05) is 17.9 Å². The molecule has 3 fully saturated rings. The van der Waals surface area contributed by atoms with Gasteiger partial charge in [0.1, 0.15) is 0 Å². The Morgan fingerprint density at radius 3 is 3.00 bits per heavy atom. The van der Waals surface area contributed by atoms with Crippen molar-refractivity contribution in [1.29, 1.82) is 0 Å². The maximum atomic E-state index is 12.3. The molecule has 0 N–H and O–H groups in total. The summed E-state index contributed by atoms with van der Waals surface area (Å²) >= 11 is 0. The van der Waals surface area contributed by atoms with Gasteiger partial charge in [-0.25, -0.2) is 0 Å². The number of hydrogen-bond acceptors (Lipinski definition) is 4. The summed E-state index contributed by atoms with van der Waals surface area (Å²) in [5.41, 5.74) is 1.24. The summed E-state index contributed by atoms with van der Waals surface area (Å²) in [4.78, 5) is 16.8. The van der Waals surface area contributed by atoms with Gasteiger partial charge >= 0.3 is 0 Å². The van der Waals surface area contributed by atoms with Gasteiger partial charge in [-0.2, -0.15) is 5.10 Å². The lowest BCUT2D eigenvalue weighted by Gasteiger charge is -2.48. The third kappa shape index (κ3) is 3.02. The van der Waals surface area contributed by atoms with Gasteiger partial charge in [-0.05, 0) is 25.2 Å². The van der Waals surface area contributed by atoms with Crippen molar-refractivity contribution in [2.24, 2.45) is 13.0 Å². The van der Waals surface area contributed by atoms with Gasteiger partial charge in [0.2, 0.25) is 5.91 Å². The van der Waals surface area contributed by atoms with Gasteiger partial charge in [0.05, 0.1) is 18.3 Å². The molecule has 0 aromatic carbocycles. The third-order valence-electron chi connectivity index (χ3n) is 5.49. The molecule has 3 atom stereocenters. The standard InChI is InChI=1S/C17H26N4O2/c1-19-9-13(8-18-19)10-20-11-14-4-3-7-23-17(14)15(12-20)21-6-2-5-16(21)22/h8-9,14-15,17H,2-7,10-12H2,1H3/t14-,15+,17-/m0/s1. The molecule has 6 nitrogen and oxygen atoms in total. The molecular formula is C17H26N4O2. The van der Waals surface area contributed by atoms with Gasteiger partial charge < -0.3 is 9.64 Å². The molecule has 126 valence electrons. The highest BCUT2D eigenvalue weighted by Gasteiger charge is 2.44. The van der Waals surface area contributed by atoms with E-state index in [2.05, 4.69) is 21.1 Å². The molecule has 0 radical (unpaired) electrons. The van der Waals surface area contributed by atoms with E-state index in [1.54, 1.807) is 0 Å². The highest BCUT2D eigenvalue weighted by molar-refractivity contribution is 5.78. The van der Waals surface area contributed by atoms with E-state index in [0.29, 0.717) is 18.2 Å². The predicted octanol–water partition coefficient (Wildman–Crippen LogP) is 1.02. The summed E-state index contributed by atoms with van der Waals surface area (Å²) in [6, 6.07) is 0.223. The largest absolute Gasteiger partial charge is 0.376 e. The van der Waals surface area contributed by atoms with Crippen LogP contribution in [0.4, 0.5) is 0 Å². The quantitative estimate of drug-likeness (QED) is 0.835. The molecule has 1 aromatic heterocycles. The fraction of sp³-hybridized carbons (Fsp3) is 0.765. The van der Waals surface area contributed by atoms with Crippen molar-refractivity contribution in [1.82, 2.24) is 19.6 Å². The van der Waals surface area contributed by atoms with Crippen LogP contribution in [-0.2, 0) is 23.1 Å². The number of fused-ring (bicyclic) bond motifs is 1. The highest BCUT2D eigenvalue weighted by Crippen LogP contribution is 2.33. The van der Waals surface area contributed by atoms with Crippen LogP contribution in [0.2, 0.25) is 0 Å². The topological polar surface area (TPSA) is 50.6 Å². The highest BCUT2D eigenvalue weighted by atomic mass is 16.5. The fourth-order valence-electron chi connectivity index (χ4n) is 4.50. The summed E-state index contributed by atoms with van der Waals surface area (Å²) in [7, 11) is 1.95. The first-order valence-electron chi connectivity index (χ1n) is 8.81. The number of likely N-dealkylation sites (tertiary alicyclic amines) is 2. The molecule has 6 heteroatoms. The molecule has 1 amide bonds. The van der Waals surface area contributed by atoms with Crippen molar-refractivity contribution in [3.63, 3.8) is 0 Å². The number of ether oxygens (including phenoxy) is 1. The lowest BCUT2D eigenvalue weighted by molar-refractivity contribution is -0.145. The maximum Gasteiger partial charge on any atom is 0.223 e. The van der Waals surface area contributed by atoms with Crippen LogP contribution in [0, 0.1) is 5.92 Å². The normalized spacial score (nSPS) is 32.3. The molecule has 3 saturated heterocycles. The Morgan fingerprint density at radius 1 is 1.35 bits per heavy atom. The van der Waals surface area contributed by atoms with Crippen LogP contribution >= 0.6 is 0 Å². The zero-order chi connectivity index (χ0) is 15.8. The zero-order valence-corrected chi connectivity index (χ0v) is 13.9. The molecule has 0 spiro atoms. The van der Waals surface area contributed by atoms with Crippen molar-refractivity contribution in [2.45, 2.75) is 44.4 Å². The monoisotopic (exact) mass is 318 g/mol. The van der Waals surface area contributed by atoms with Crippen LogP contribution in [0.25, 0.3) is 0 Å². The van der Waals surface area contributed by atoms with E-state index in [0.717, 1.165) is 45.6 Å². The second-order valence-electron chi connectivity index (χ2n) is 7.21. The van der Waals surface area contributed by atoms with Crippen LogP contribution in [0.15, 0.2) is 12.4 Å². The number of nitrogens with zero attached hydrogens (tertiary/aromatic N) is 4. The summed E-state index contributed by atoms with van der Waals surface area (Å²) in [5.74, 6) is 0.860. The van der Waals surface area contributed by atoms with Crippen molar-refractivity contribution in [3.05, 3.63) is 18.0 Å². The minimum absolute atomic E-state index is 0.223. The number of carbonyl (C=O) groups excluding carboxylic acids is 1. The first kappa shape index (κ1) is 15.1. The van der Waals surface area contributed by atoms with Crippen LogP contribution in [0.1, 0.15) is 31.2 Å². The van der Waals surface area contributed by atoms with E-state index < -0.39 is 0 Å². The van der Waals surface area contributed by atoms with E-state index >= 15 is 0 Å². The maximum absolute atomic E-state index is 12.3. The molecule has 3 aliphatic heterocycles. The molecule has 1 aromatic rings. The lowest BCUT2D eigenvalue weighted by atomic mass is 9.84. The molecule has 4 rings (SSSR count). The number of piperidine rings is 1. The molecule has 23 heavy (non-hydrogen) atoms. The summed E-state index contributed by atoms with van der Waals surface area (Å²) < 4.78 is 7.98. The minimum Gasteiger partial charge on any atom is -0.376 e. The van der Waals surface area contributed by atoms with E-state index in [-0.39, 0.29) is 12.1 Å². The van der Waals surface area contributed by atoms with Crippen LogP contribution in [0.5, 0.6) is 0 Å². The Balaban J connectivity index is 1.52. The Hall–Kier alpha value is -1.40. The van der Waals surface area contributed by atoms with Crippen LogP contribution in [-0.4, -0.2) is 63.9 Å². The van der Waals surface area contributed by atoms with Gasteiger partial charge in [-0.15, -0.1) is 0 Å². The Labute approximate surface area is 137 Å². The number of carbonyl (C=O) groups is 1. The minimum atomic E-state index is 0.223. The Bertz CT molecular complexity index is 573. The molecule has 4 heterocycles. The second-order valence-corrected chi connectivity index (χ2v) is 7.21. The molecule has 0 unspecified atom stereocenters. The van der Waals surface area contributed by atoms with Gasteiger partial charge in [-0.3, -0.25) is 14.4 Å². The number of aromatic nitrogens is 2. The van der Waals surface area contributed by atoms with Crippen molar-refractivity contribution in [2.75, 3.05) is 26.2 Å². The van der Waals surface area contributed by atoms with Crippen molar-refractivity contribution in [3.8, 4) is 0 Å². The number of hydrogen-bond donors (Lipinski definition) is 0. The molecule has 0 aliphatic carbocycles. The average Bonchev–Trinajstić information content (AvgIpc) is 3.15. The van der Waals surface area contributed by atoms with Gasteiger partial charge in [0.15, 0.2) is 0 Å². The second kappa shape index (κ2) is 6.24. The summed E-state index contributed by atoms with van der Waals surface area (Å²) in [6.45, 7) is 4.65. The number of aryl methyl sites for hydroxylation is 1. The smallest absolute Gasteiger partial charge is 0.223 e. The number of amides is 1. The fourth-order valence-corrected chi connectivity index (χ4v) is 4.50. The third-order valence-corrected chi connectivity index (χ3v) is 5.49. The summed E-state index contributed by atoms with van der Waals surface area (Å²) in [6.07, 6.45) is 8.32. The first-order chi connectivity index (χ1) is 11.2. The molecule has 0 saturated carbocycles. The number of rotatable bonds is 3. The lowest BCUT2D eigenvalue weighted by Crippen LogP contribution is -2.61. The predicted molar refractivity (Wildman–Crippen MR) is 85.7 cm³/mol. The molecular weight excluding hydrogens is 292 g/mol. The molecule has 0 bridgehead atoms.